The van der Waals surface area contributed by atoms with Crippen LogP contribution in [0, 0.1) is 0 Å². The molecule has 2 fully saturated rings. The highest BCUT2D eigenvalue weighted by Gasteiger charge is 2.52. The van der Waals surface area contributed by atoms with Gasteiger partial charge in [-0.2, -0.15) is 0 Å². The van der Waals surface area contributed by atoms with Crippen LogP contribution in [-0.4, -0.2) is 46.3 Å². The number of piperazine rings is 1. The summed E-state index contributed by atoms with van der Waals surface area (Å²) in [5.41, 5.74) is 3.06. The summed E-state index contributed by atoms with van der Waals surface area (Å²) in [6.45, 7) is 1.84. The van der Waals surface area contributed by atoms with Gasteiger partial charge in [0, 0.05) is 31.2 Å². The van der Waals surface area contributed by atoms with Gasteiger partial charge in [0.1, 0.15) is 0 Å². The van der Waals surface area contributed by atoms with Crippen molar-refractivity contribution in [3.05, 3.63) is 48.3 Å². The zero-order valence-corrected chi connectivity index (χ0v) is 11.8. The smallest absolute Gasteiger partial charge is 0.277 e. The predicted molar refractivity (Wildman–Crippen MR) is 80.0 cm³/mol. The van der Waals surface area contributed by atoms with Gasteiger partial charge in [-0.15, -0.1) is 0 Å². The van der Waals surface area contributed by atoms with E-state index in [4.69, 9.17) is 5.21 Å². The third-order valence-corrected chi connectivity index (χ3v) is 4.36. The van der Waals surface area contributed by atoms with E-state index in [2.05, 4.69) is 31.9 Å². The Bertz CT molecular complexity index is 691. The molecule has 1 aromatic carbocycles. The topological polar surface area (TPSA) is 81.6 Å². The lowest BCUT2D eigenvalue weighted by molar-refractivity contribution is 0.0705. The summed E-state index contributed by atoms with van der Waals surface area (Å²) in [5.74, 6) is 0.0235. The molecule has 2 N–H and O–H groups in total. The van der Waals surface area contributed by atoms with Gasteiger partial charge in [-0.1, -0.05) is 18.2 Å². The first-order valence-electron chi connectivity index (χ1n) is 7.13. The molecule has 1 aromatic heterocycles. The fourth-order valence-electron chi connectivity index (χ4n) is 3.05. The van der Waals surface area contributed by atoms with Crippen molar-refractivity contribution in [3.63, 3.8) is 0 Å². The van der Waals surface area contributed by atoms with E-state index in [1.807, 2.05) is 18.2 Å². The second kappa shape index (κ2) is 4.96. The van der Waals surface area contributed by atoms with Crippen molar-refractivity contribution in [2.75, 3.05) is 22.9 Å². The maximum atomic E-state index is 11.2. The molecule has 2 atom stereocenters. The standard InChI is InChI=1S/C15H15N5O2/c21-14(18-22)10-6-16-15(17-7-10)20-9-12-13(20)8-19(12)11-4-2-1-3-5-11/h1-7,12-13,22H,8-9H2,(H,18,21)/t12?,13-/m1/s1. The Morgan fingerprint density at radius 1 is 1.09 bits per heavy atom. The summed E-state index contributed by atoms with van der Waals surface area (Å²) in [5, 5.41) is 8.58. The van der Waals surface area contributed by atoms with Crippen LogP contribution in [0.5, 0.6) is 0 Å². The van der Waals surface area contributed by atoms with Gasteiger partial charge < -0.3 is 9.80 Å². The number of nitrogens with zero attached hydrogens (tertiary/aromatic N) is 4. The summed E-state index contributed by atoms with van der Waals surface area (Å²) < 4.78 is 0. The number of fused-ring (bicyclic) bond motifs is 1. The highest BCUT2D eigenvalue weighted by molar-refractivity contribution is 5.92. The molecular formula is C15H15N5O2. The second-order valence-corrected chi connectivity index (χ2v) is 5.49. The molecule has 2 aromatic rings. The molecule has 22 heavy (non-hydrogen) atoms. The second-order valence-electron chi connectivity index (χ2n) is 5.49. The Labute approximate surface area is 127 Å². The molecule has 0 radical (unpaired) electrons. The van der Waals surface area contributed by atoms with Crippen LogP contribution < -0.4 is 15.3 Å². The molecule has 0 aliphatic carbocycles. The molecular weight excluding hydrogens is 282 g/mol. The van der Waals surface area contributed by atoms with Gasteiger partial charge in [0.15, 0.2) is 0 Å². The van der Waals surface area contributed by atoms with E-state index in [0.717, 1.165) is 13.1 Å². The van der Waals surface area contributed by atoms with Crippen LogP contribution in [0.2, 0.25) is 0 Å². The minimum absolute atomic E-state index is 0.239. The van der Waals surface area contributed by atoms with Gasteiger partial charge in [-0.05, 0) is 12.1 Å². The van der Waals surface area contributed by atoms with Crippen LogP contribution in [0.1, 0.15) is 10.4 Å². The van der Waals surface area contributed by atoms with E-state index in [1.54, 1.807) is 5.48 Å². The van der Waals surface area contributed by atoms with E-state index < -0.39 is 5.91 Å². The van der Waals surface area contributed by atoms with E-state index in [1.165, 1.54) is 18.1 Å². The number of anilines is 2. The summed E-state index contributed by atoms with van der Waals surface area (Å²) >= 11 is 0. The molecule has 7 heteroatoms. The van der Waals surface area contributed by atoms with Crippen molar-refractivity contribution in [2.45, 2.75) is 12.1 Å². The first-order chi connectivity index (χ1) is 10.8. The molecule has 3 heterocycles. The Balaban J connectivity index is 1.43. The van der Waals surface area contributed by atoms with Crippen molar-refractivity contribution in [1.82, 2.24) is 15.4 Å². The summed E-state index contributed by atoms with van der Waals surface area (Å²) in [6.07, 6.45) is 2.85. The zero-order chi connectivity index (χ0) is 15.1. The molecule has 2 aliphatic rings. The van der Waals surface area contributed by atoms with Gasteiger partial charge in [-0.25, -0.2) is 15.4 Å². The molecule has 2 aliphatic heterocycles. The largest absolute Gasteiger partial charge is 0.362 e. The van der Waals surface area contributed by atoms with Crippen LogP contribution in [0.15, 0.2) is 42.7 Å². The number of para-hydroxylation sites is 1. The number of benzene rings is 1. The molecule has 0 bridgehead atoms. The molecule has 4 rings (SSSR count). The summed E-state index contributed by atoms with van der Waals surface area (Å²) in [7, 11) is 0. The monoisotopic (exact) mass is 297 g/mol. The van der Waals surface area contributed by atoms with E-state index in [-0.39, 0.29) is 5.56 Å². The number of aromatic nitrogens is 2. The highest BCUT2D eigenvalue weighted by Crippen LogP contribution is 2.38. The van der Waals surface area contributed by atoms with Gasteiger partial charge in [0.25, 0.3) is 5.91 Å². The minimum atomic E-state index is -0.605. The zero-order valence-electron chi connectivity index (χ0n) is 11.8. The van der Waals surface area contributed by atoms with Crippen molar-refractivity contribution in [2.24, 2.45) is 0 Å². The first-order valence-corrected chi connectivity index (χ1v) is 7.13. The van der Waals surface area contributed by atoms with Crippen LogP contribution >= 0.6 is 0 Å². The predicted octanol–water partition coefficient (Wildman–Crippen LogP) is 0.673. The number of rotatable bonds is 3. The Morgan fingerprint density at radius 2 is 1.73 bits per heavy atom. The maximum Gasteiger partial charge on any atom is 0.277 e. The molecule has 7 nitrogen and oxygen atoms in total. The van der Waals surface area contributed by atoms with Crippen molar-refractivity contribution < 1.29 is 10.0 Å². The Morgan fingerprint density at radius 3 is 2.32 bits per heavy atom. The normalized spacial score (nSPS) is 22.4. The van der Waals surface area contributed by atoms with Crippen LogP contribution in [0.3, 0.4) is 0 Å². The Kier molecular flexibility index (Phi) is 2.93. The lowest BCUT2D eigenvalue weighted by Crippen LogP contribution is -2.79. The summed E-state index contributed by atoms with van der Waals surface area (Å²) in [4.78, 5) is 24.2. The molecule has 0 saturated carbocycles. The minimum Gasteiger partial charge on any atom is -0.362 e. The van der Waals surface area contributed by atoms with Gasteiger partial charge in [0.2, 0.25) is 5.95 Å². The number of amides is 1. The van der Waals surface area contributed by atoms with Crippen LogP contribution in [0.4, 0.5) is 11.6 Å². The quantitative estimate of drug-likeness (QED) is 0.640. The average molecular weight is 297 g/mol. The molecule has 112 valence electrons. The van der Waals surface area contributed by atoms with Gasteiger partial charge in [0.05, 0.1) is 17.6 Å². The van der Waals surface area contributed by atoms with Crippen LogP contribution in [-0.2, 0) is 0 Å². The lowest BCUT2D eigenvalue weighted by Gasteiger charge is -2.62. The number of carbonyl (C=O) groups excluding carboxylic acids is 1. The average Bonchev–Trinajstić information content (AvgIpc) is 2.57. The number of nitrogens with one attached hydrogen (secondary N) is 1. The molecule has 1 unspecified atom stereocenters. The van der Waals surface area contributed by atoms with Crippen molar-refractivity contribution in [3.8, 4) is 0 Å². The maximum absolute atomic E-state index is 11.2. The Hall–Kier alpha value is -2.67. The fourth-order valence-corrected chi connectivity index (χ4v) is 3.05. The highest BCUT2D eigenvalue weighted by atomic mass is 16.5. The SMILES string of the molecule is O=C(NO)c1cnc(N2CC3[C@H]2CN3c2ccccc2)nc1. The fraction of sp³-hybridized carbons (Fsp3) is 0.267. The van der Waals surface area contributed by atoms with Gasteiger partial charge >= 0.3 is 0 Å². The van der Waals surface area contributed by atoms with Crippen molar-refractivity contribution >= 4 is 17.5 Å². The van der Waals surface area contributed by atoms with E-state index in [0.29, 0.717) is 18.0 Å². The van der Waals surface area contributed by atoms with Crippen LogP contribution in [0.25, 0.3) is 0 Å². The number of hydrogen-bond acceptors (Lipinski definition) is 6. The third kappa shape index (κ3) is 1.90. The molecule has 1 amide bonds. The number of hydroxylamine groups is 1. The third-order valence-electron chi connectivity index (χ3n) is 4.36. The summed E-state index contributed by atoms with van der Waals surface area (Å²) in [6, 6.07) is 11.3. The van der Waals surface area contributed by atoms with E-state index in [9.17, 15) is 4.79 Å². The van der Waals surface area contributed by atoms with Crippen molar-refractivity contribution in [1.29, 1.82) is 0 Å². The molecule has 0 spiro atoms. The van der Waals surface area contributed by atoms with E-state index >= 15 is 0 Å². The number of hydrogen-bond donors (Lipinski definition) is 2. The molecule has 2 saturated heterocycles. The van der Waals surface area contributed by atoms with Gasteiger partial charge in [-0.3, -0.25) is 10.0 Å². The lowest BCUT2D eigenvalue weighted by atomic mass is 9.85. The number of carbonyl (C=O) groups is 1. The first kappa shape index (κ1) is 13.0.